The highest BCUT2D eigenvalue weighted by Crippen LogP contribution is 2.16. The van der Waals surface area contributed by atoms with E-state index < -0.39 is 35.1 Å². The lowest BCUT2D eigenvalue weighted by molar-refractivity contribution is -0.118. The predicted octanol–water partition coefficient (Wildman–Crippen LogP) is 4.70. The quantitative estimate of drug-likeness (QED) is 0.689. The maximum absolute atomic E-state index is 13.8. The fourth-order valence-electron chi connectivity index (χ4n) is 2.82. The van der Waals surface area contributed by atoms with Crippen molar-refractivity contribution in [1.82, 2.24) is 5.32 Å². The molecule has 0 heterocycles. The standard InChI is InChI=1S/C22H26F2N2O2/c1-4-5-7-15-10-12-16(13-11-15)25-22(28)20(14(2)3)26-21(27)19-17(23)8-6-9-18(19)24/h6,8-14,20H,4-5,7H2,1-3H3,(H,25,28)(H,26,27). The van der Waals surface area contributed by atoms with E-state index in [0.29, 0.717) is 5.69 Å². The van der Waals surface area contributed by atoms with E-state index in [0.717, 1.165) is 31.4 Å². The van der Waals surface area contributed by atoms with Crippen LogP contribution < -0.4 is 10.6 Å². The highest BCUT2D eigenvalue weighted by atomic mass is 19.1. The summed E-state index contributed by atoms with van der Waals surface area (Å²) in [6.07, 6.45) is 3.18. The molecule has 2 rings (SSSR count). The van der Waals surface area contributed by atoms with Crippen LogP contribution in [0, 0.1) is 17.6 Å². The fraction of sp³-hybridized carbons (Fsp3) is 0.364. The predicted molar refractivity (Wildman–Crippen MR) is 106 cm³/mol. The number of nitrogens with one attached hydrogen (secondary N) is 2. The van der Waals surface area contributed by atoms with Crippen LogP contribution in [0.1, 0.15) is 49.5 Å². The van der Waals surface area contributed by atoms with Gasteiger partial charge in [-0.15, -0.1) is 0 Å². The van der Waals surface area contributed by atoms with Crippen molar-refractivity contribution < 1.29 is 18.4 Å². The van der Waals surface area contributed by atoms with Crippen LogP contribution in [0.15, 0.2) is 42.5 Å². The number of aryl methyl sites for hydroxylation is 1. The number of carbonyl (C=O) groups excluding carboxylic acids is 2. The SMILES string of the molecule is CCCCc1ccc(NC(=O)C(NC(=O)c2c(F)cccc2F)C(C)C)cc1. The smallest absolute Gasteiger partial charge is 0.257 e. The summed E-state index contributed by atoms with van der Waals surface area (Å²) in [6.45, 7) is 5.62. The van der Waals surface area contributed by atoms with Crippen molar-refractivity contribution in [3.8, 4) is 0 Å². The molecule has 1 unspecified atom stereocenters. The molecule has 0 aliphatic rings. The number of halogens is 2. The second kappa shape index (κ2) is 9.97. The lowest BCUT2D eigenvalue weighted by atomic mass is 10.0. The molecule has 0 saturated carbocycles. The van der Waals surface area contributed by atoms with Gasteiger partial charge in [0.05, 0.1) is 0 Å². The Labute approximate surface area is 164 Å². The van der Waals surface area contributed by atoms with Crippen LogP contribution in [0.3, 0.4) is 0 Å². The van der Waals surface area contributed by atoms with Crippen molar-refractivity contribution in [3.05, 3.63) is 65.2 Å². The van der Waals surface area contributed by atoms with Crippen molar-refractivity contribution in [2.45, 2.75) is 46.1 Å². The molecule has 2 aromatic carbocycles. The number of hydrogen-bond donors (Lipinski definition) is 2. The van der Waals surface area contributed by atoms with Crippen LogP contribution in [0.5, 0.6) is 0 Å². The third kappa shape index (κ3) is 5.62. The van der Waals surface area contributed by atoms with E-state index in [1.54, 1.807) is 26.0 Å². The minimum absolute atomic E-state index is 0.275. The molecule has 0 aromatic heterocycles. The Morgan fingerprint density at radius 2 is 1.61 bits per heavy atom. The zero-order chi connectivity index (χ0) is 20.7. The van der Waals surface area contributed by atoms with Gasteiger partial charge in [0.1, 0.15) is 23.2 Å². The molecular formula is C22H26F2N2O2. The first-order valence-electron chi connectivity index (χ1n) is 9.48. The fourth-order valence-corrected chi connectivity index (χ4v) is 2.82. The molecule has 0 aliphatic heterocycles. The molecule has 0 aliphatic carbocycles. The number of carbonyl (C=O) groups is 2. The molecule has 6 heteroatoms. The first kappa shape index (κ1) is 21.5. The Morgan fingerprint density at radius 3 is 2.14 bits per heavy atom. The summed E-state index contributed by atoms with van der Waals surface area (Å²) < 4.78 is 27.7. The van der Waals surface area contributed by atoms with E-state index in [4.69, 9.17) is 0 Å². The Bertz CT molecular complexity index is 800. The Balaban J connectivity index is 2.08. The molecule has 2 aromatic rings. The van der Waals surface area contributed by atoms with E-state index in [9.17, 15) is 18.4 Å². The van der Waals surface area contributed by atoms with Crippen LogP contribution in [0.2, 0.25) is 0 Å². The first-order chi connectivity index (χ1) is 13.3. The lowest BCUT2D eigenvalue weighted by Crippen LogP contribution is -2.47. The van der Waals surface area contributed by atoms with E-state index >= 15 is 0 Å². The van der Waals surface area contributed by atoms with Crippen LogP contribution in [0.25, 0.3) is 0 Å². The number of rotatable bonds is 8. The third-order valence-corrected chi connectivity index (χ3v) is 4.47. The van der Waals surface area contributed by atoms with Gasteiger partial charge in [0, 0.05) is 5.69 Å². The normalized spacial score (nSPS) is 11.9. The number of hydrogen-bond acceptors (Lipinski definition) is 2. The molecule has 0 saturated heterocycles. The van der Waals surface area contributed by atoms with Gasteiger partial charge < -0.3 is 10.6 Å². The molecule has 0 bridgehead atoms. The molecule has 0 fully saturated rings. The number of benzene rings is 2. The molecule has 2 N–H and O–H groups in total. The summed E-state index contributed by atoms with van der Waals surface area (Å²) >= 11 is 0. The number of anilines is 1. The van der Waals surface area contributed by atoms with Gasteiger partial charge in [0.25, 0.3) is 5.91 Å². The zero-order valence-corrected chi connectivity index (χ0v) is 16.4. The summed E-state index contributed by atoms with van der Waals surface area (Å²) in [5.74, 6) is -3.62. The topological polar surface area (TPSA) is 58.2 Å². The molecular weight excluding hydrogens is 362 g/mol. The summed E-state index contributed by atoms with van der Waals surface area (Å²) in [5.41, 5.74) is 1.09. The summed E-state index contributed by atoms with van der Waals surface area (Å²) in [7, 11) is 0. The van der Waals surface area contributed by atoms with Crippen molar-refractivity contribution in [2.75, 3.05) is 5.32 Å². The van der Waals surface area contributed by atoms with E-state index in [2.05, 4.69) is 17.6 Å². The average molecular weight is 388 g/mol. The third-order valence-electron chi connectivity index (χ3n) is 4.47. The molecule has 1 atom stereocenters. The van der Waals surface area contributed by atoms with Crippen LogP contribution in [-0.4, -0.2) is 17.9 Å². The number of unbranched alkanes of at least 4 members (excludes halogenated alkanes) is 1. The van der Waals surface area contributed by atoms with Crippen molar-refractivity contribution in [2.24, 2.45) is 5.92 Å². The second-order valence-corrected chi connectivity index (χ2v) is 7.08. The van der Waals surface area contributed by atoms with Crippen molar-refractivity contribution in [3.63, 3.8) is 0 Å². The summed E-state index contributed by atoms with van der Waals surface area (Å²) in [5, 5.41) is 5.19. The van der Waals surface area contributed by atoms with E-state index in [1.807, 2.05) is 12.1 Å². The average Bonchev–Trinajstić information content (AvgIpc) is 2.65. The minimum atomic E-state index is -0.969. The second-order valence-electron chi connectivity index (χ2n) is 7.08. The molecule has 0 radical (unpaired) electrons. The Morgan fingerprint density at radius 1 is 1.00 bits per heavy atom. The summed E-state index contributed by atoms with van der Waals surface area (Å²) in [6, 6.07) is 9.75. The van der Waals surface area contributed by atoms with Gasteiger partial charge in [-0.05, 0) is 48.6 Å². The van der Waals surface area contributed by atoms with Crippen molar-refractivity contribution >= 4 is 17.5 Å². The lowest BCUT2D eigenvalue weighted by Gasteiger charge is -2.22. The van der Waals surface area contributed by atoms with Gasteiger partial charge in [-0.1, -0.05) is 45.4 Å². The highest BCUT2D eigenvalue weighted by Gasteiger charge is 2.27. The monoisotopic (exact) mass is 388 g/mol. The Hall–Kier alpha value is -2.76. The van der Waals surface area contributed by atoms with Gasteiger partial charge in [0.15, 0.2) is 0 Å². The minimum Gasteiger partial charge on any atom is -0.340 e. The molecule has 150 valence electrons. The maximum atomic E-state index is 13.8. The molecule has 0 spiro atoms. The van der Waals surface area contributed by atoms with Gasteiger partial charge >= 0.3 is 0 Å². The molecule has 28 heavy (non-hydrogen) atoms. The van der Waals surface area contributed by atoms with Gasteiger partial charge in [-0.25, -0.2) is 8.78 Å². The van der Waals surface area contributed by atoms with Crippen LogP contribution in [-0.2, 0) is 11.2 Å². The largest absolute Gasteiger partial charge is 0.340 e. The highest BCUT2D eigenvalue weighted by molar-refractivity contribution is 6.01. The first-order valence-corrected chi connectivity index (χ1v) is 9.48. The van der Waals surface area contributed by atoms with Gasteiger partial charge in [0.2, 0.25) is 5.91 Å². The number of amides is 2. The van der Waals surface area contributed by atoms with Gasteiger partial charge in [-0.3, -0.25) is 9.59 Å². The van der Waals surface area contributed by atoms with Crippen molar-refractivity contribution in [1.29, 1.82) is 0 Å². The molecule has 2 amide bonds. The van der Waals surface area contributed by atoms with E-state index in [-0.39, 0.29) is 5.92 Å². The zero-order valence-electron chi connectivity index (χ0n) is 16.4. The molecule has 4 nitrogen and oxygen atoms in total. The van der Waals surface area contributed by atoms with Gasteiger partial charge in [-0.2, -0.15) is 0 Å². The Kier molecular flexibility index (Phi) is 7.67. The van der Waals surface area contributed by atoms with Crippen LogP contribution >= 0.6 is 0 Å². The summed E-state index contributed by atoms with van der Waals surface area (Å²) in [4.78, 5) is 25.0. The van der Waals surface area contributed by atoms with E-state index in [1.165, 1.54) is 11.6 Å². The van der Waals surface area contributed by atoms with Crippen LogP contribution in [0.4, 0.5) is 14.5 Å². The maximum Gasteiger partial charge on any atom is 0.257 e.